The minimum absolute atomic E-state index is 0. The molecule has 182 valence electrons. The number of unbranched alkanes of at least 4 members (excludes halogenated alkanes) is 1. The predicted molar refractivity (Wildman–Crippen MR) is 129 cm³/mol. The monoisotopic (exact) mass is 510 g/mol. The second-order valence-electron chi connectivity index (χ2n) is 9.33. The molecule has 9 heteroatoms. The standard InChI is InChI=1S/C25H26ClF3N4.ClH/c1-32-22(30-31-23(32)17-5-4-6-21(26)13-17)7-2-3-12-33-15-20-14-24(20,16-33)18-8-10-19(11-9-18)25(27,28)29;/h4-6,8-11,13,20H,2-3,7,12,14-16H2,1H3;1H/t20-,24+;/m0./s1. The van der Waals surface area contributed by atoms with E-state index in [0.29, 0.717) is 10.9 Å². The van der Waals surface area contributed by atoms with Crippen LogP contribution in [0.5, 0.6) is 0 Å². The molecule has 2 aromatic carbocycles. The number of benzene rings is 2. The highest BCUT2D eigenvalue weighted by Crippen LogP contribution is 2.59. The zero-order valence-corrected chi connectivity index (χ0v) is 20.4. The minimum atomic E-state index is -4.28. The van der Waals surface area contributed by atoms with E-state index in [2.05, 4.69) is 15.1 Å². The summed E-state index contributed by atoms with van der Waals surface area (Å²) in [6.45, 7) is 2.97. The van der Waals surface area contributed by atoms with Crippen molar-refractivity contribution in [3.8, 4) is 11.4 Å². The highest BCUT2D eigenvalue weighted by Gasteiger charge is 2.60. The third-order valence-electron chi connectivity index (χ3n) is 7.18. The first-order valence-electron chi connectivity index (χ1n) is 11.3. The summed E-state index contributed by atoms with van der Waals surface area (Å²) in [5.41, 5.74) is 1.49. The van der Waals surface area contributed by atoms with Crippen LogP contribution >= 0.6 is 24.0 Å². The molecule has 34 heavy (non-hydrogen) atoms. The van der Waals surface area contributed by atoms with Gasteiger partial charge in [0.05, 0.1) is 5.56 Å². The molecule has 5 rings (SSSR count). The Bertz CT molecular complexity index is 1150. The Morgan fingerprint density at radius 3 is 2.56 bits per heavy atom. The third kappa shape index (κ3) is 4.83. The van der Waals surface area contributed by atoms with Gasteiger partial charge in [0, 0.05) is 42.6 Å². The van der Waals surface area contributed by atoms with Gasteiger partial charge in [-0.15, -0.1) is 22.6 Å². The lowest BCUT2D eigenvalue weighted by Gasteiger charge is -2.21. The van der Waals surface area contributed by atoms with Crippen LogP contribution in [0, 0.1) is 5.92 Å². The lowest BCUT2D eigenvalue weighted by Crippen LogP contribution is -2.27. The van der Waals surface area contributed by atoms with Crippen molar-refractivity contribution < 1.29 is 13.2 Å². The summed E-state index contributed by atoms with van der Waals surface area (Å²) in [6, 6.07) is 13.4. The zero-order valence-electron chi connectivity index (χ0n) is 18.9. The van der Waals surface area contributed by atoms with Crippen molar-refractivity contribution in [2.45, 2.75) is 37.3 Å². The molecule has 2 heterocycles. The Balaban J connectivity index is 0.00000274. The number of aromatic nitrogens is 3. The van der Waals surface area contributed by atoms with Gasteiger partial charge >= 0.3 is 6.18 Å². The van der Waals surface area contributed by atoms with E-state index in [1.165, 1.54) is 12.1 Å². The molecule has 1 aliphatic carbocycles. The maximum atomic E-state index is 12.9. The lowest BCUT2D eigenvalue weighted by molar-refractivity contribution is -0.137. The number of hydrogen-bond donors (Lipinski definition) is 0. The van der Waals surface area contributed by atoms with Gasteiger partial charge in [-0.2, -0.15) is 13.2 Å². The molecule has 0 N–H and O–H groups in total. The number of hydrogen-bond acceptors (Lipinski definition) is 3. The molecular formula is C25H27Cl2F3N4. The molecule has 2 aliphatic rings. The molecule has 0 radical (unpaired) electrons. The fraction of sp³-hybridized carbons (Fsp3) is 0.440. The van der Waals surface area contributed by atoms with Gasteiger partial charge in [-0.25, -0.2) is 0 Å². The molecule has 2 fully saturated rings. The Morgan fingerprint density at radius 1 is 1.09 bits per heavy atom. The van der Waals surface area contributed by atoms with E-state index in [0.717, 1.165) is 68.1 Å². The number of likely N-dealkylation sites (tertiary alicyclic amines) is 1. The molecule has 2 atom stereocenters. The van der Waals surface area contributed by atoms with Crippen LogP contribution in [0.2, 0.25) is 5.02 Å². The van der Waals surface area contributed by atoms with Crippen molar-refractivity contribution in [3.63, 3.8) is 0 Å². The quantitative estimate of drug-likeness (QED) is 0.356. The maximum Gasteiger partial charge on any atom is 0.416 e. The Labute approximate surface area is 208 Å². The van der Waals surface area contributed by atoms with Crippen molar-refractivity contribution in [1.29, 1.82) is 0 Å². The van der Waals surface area contributed by atoms with Gasteiger partial charge in [0.2, 0.25) is 0 Å². The molecule has 0 spiro atoms. The fourth-order valence-electron chi connectivity index (χ4n) is 5.27. The molecular weight excluding hydrogens is 484 g/mol. The van der Waals surface area contributed by atoms with Gasteiger partial charge in [-0.1, -0.05) is 35.9 Å². The van der Waals surface area contributed by atoms with Crippen molar-refractivity contribution in [1.82, 2.24) is 19.7 Å². The molecule has 1 saturated carbocycles. The maximum absolute atomic E-state index is 12.9. The minimum Gasteiger partial charge on any atom is -0.314 e. The van der Waals surface area contributed by atoms with E-state index in [9.17, 15) is 13.2 Å². The zero-order chi connectivity index (χ0) is 23.2. The number of piperidine rings is 1. The smallest absolute Gasteiger partial charge is 0.314 e. The highest BCUT2D eigenvalue weighted by atomic mass is 35.5. The van der Waals surface area contributed by atoms with Gasteiger partial charge in [0.1, 0.15) is 5.82 Å². The van der Waals surface area contributed by atoms with Crippen LogP contribution in [0.3, 0.4) is 0 Å². The van der Waals surface area contributed by atoms with E-state index in [1.807, 2.05) is 35.9 Å². The number of rotatable bonds is 7. The van der Waals surface area contributed by atoms with Crippen molar-refractivity contribution in [3.05, 3.63) is 70.5 Å². The lowest BCUT2D eigenvalue weighted by atomic mass is 9.94. The van der Waals surface area contributed by atoms with E-state index in [1.54, 1.807) is 12.1 Å². The molecule has 1 aromatic heterocycles. The van der Waals surface area contributed by atoms with Crippen LogP contribution in [0.4, 0.5) is 13.2 Å². The van der Waals surface area contributed by atoms with Crippen LogP contribution < -0.4 is 0 Å². The fourth-order valence-corrected chi connectivity index (χ4v) is 5.46. The second kappa shape index (κ2) is 9.51. The van der Waals surface area contributed by atoms with Crippen LogP contribution in [0.1, 0.15) is 36.2 Å². The largest absolute Gasteiger partial charge is 0.416 e. The van der Waals surface area contributed by atoms with Gasteiger partial charge in [0.15, 0.2) is 5.82 Å². The average molecular weight is 511 g/mol. The van der Waals surface area contributed by atoms with Gasteiger partial charge in [0.25, 0.3) is 0 Å². The van der Waals surface area contributed by atoms with Gasteiger partial charge in [-0.05, 0) is 61.6 Å². The Hall–Kier alpha value is -2.09. The summed E-state index contributed by atoms with van der Waals surface area (Å²) in [5.74, 6) is 2.33. The van der Waals surface area contributed by atoms with E-state index in [4.69, 9.17) is 11.6 Å². The summed E-state index contributed by atoms with van der Waals surface area (Å²) < 4.78 is 40.6. The number of halogens is 5. The Morgan fingerprint density at radius 2 is 1.85 bits per heavy atom. The first-order chi connectivity index (χ1) is 15.8. The number of fused-ring (bicyclic) bond motifs is 1. The summed E-state index contributed by atoms with van der Waals surface area (Å²) in [7, 11) is 1.98. The van der Waals surface area contributed by atoms with E-state index >= 15 is 0 Å². The van der Waals surface area contributed by atoms with Gasteiger partial charge in [-0.3, -0.25) is 0 Å². The van der Waals surface area contributed by atoms with Crippen LogP contribution in [-0.2, 0) is 25.1 Å². The van der Waals surface area contributed by atoms with Crippen molar-refractivity contribution in [2.24, 2.45) is 13.0 Å². The first kappa shape index (κ1) is 25.0. The van der Waals surface area contributed by atoms with Crippen molar-refractivity contribution >= 4 is 24.0 Å². The van der Waals surface area contributed by atoms with Crippen LogP contribution in [0.15, 0.2) is 48.5 Å². The summed E-state index contributed by atoms with van der Waals surface area (Å²) >= 11 is 6.10. The molecule has 4 nitrogen and oxygen atoms in total. The molecule has 1 aliphatic heterocycles. The van der Waals surface area contributed by atoms with Crippen molar-refractivity contribution in [2.75, 3.05) is 19.6 Å². The topological polar surface area (TPSA) is 34.0 Å². The summed E-state index contributed by atoms with van der Waals surface area (Å²) in [6.07, 6.45) is -0.283. The SMILES string of the molecule is Cl.Cn1c(CCCCN2C[C@@H]3C[C@]3(c3ccc(C(F)(F)F)cc3)C2)nnc1-c1cccc(Cl)c1. The average Bonchev–Trinajstić information content (AvgIpc) is 3.15. The normalized spacial score (nSPS) is 21.9. The van der Waals surface area contributed by atoms with E-state index in [-0.39, 0.29) is 17.8 Å². The molecule has 1 saturated heterocycles. The summed E-state index contributed by atoms with van der Waals surface area (Å²) in [5, 5.41) is 9.37. The predicted octanol–water partition coefficient (Wildman–Crippen LogP) is 6.17. The number of nitrogens with zero attached hydrogens (tertiary/aromatic N) is 4. The molecule has 0 bridgehead atoms. The van der Waals surface area contributed by atoms with Crippen LogP contribution in [0.25, 0.3) is 11.4 Å². The highest BCUT2D eigenvalue weighted by molar-refractivity contribution is 6.30. The number of alkyl halides is 3. The summed E-state index contributed by atoms with van der Waals surface area (Å²) in [4.78, 5) is 2.46. The van der Waals surface area contributed by atoms with Crippen LogP contribution in [-0.4, -0.2) is 39.3 Å². The molecule has 0 amide bonds. The molecule has 0 unspecified atom stereocenters. The third-order valence-corrected chi connectivity index (χ3v) is 7.41. The Kier molecular flexibility index (Phi) is 7.00. The van der Waals surface area contributed by atoms with Gasteiger partial charge < -0.3 is 9.47 Å². The number of aryl methyl sites for hydroxylation is 1. The molecule has 3 aromatic rings. The second-order valence-corrected chi connectivity index (χ2v) is 9.77. The first-order valence-corrected chi connectivity index (χ1v) is 11.7. The van der Waals surface area contributed by atoms with E-state index < -0.39 is 11.7 Å².